The van der Waals surface area contributed by atoms with Crippen LogP contribution in [0, 0.1) is 11.3 Å². The summed E-state index contributed by atoms with van der Waals surface area (Å²) >= 11 is 0. The van der Waals surface area contributed by atoms with Crippen molar-refractivity contribution < 1.29 is 0 Å². The van der Waals surface area contributed by atoms with Gasteiger partial charge in [-0.3, -0.25) is 5.32 Å². The highest BCUT2D eigenvalue weighted by molar-refractivity contribution is 5.57. The minimum atomic E-state index is -0.439. The number of hydrogen-bond donors (Lipinski definition) is 1. The molecule has 3 heteroatoms. The van der Waals surface area contributed by atoms with Crippen LogP contribution >= 0.6 is 0 Å². The smallest absolute Gasteiger partial charge is 0.105 e. The Bertz CT molecular complexity index is 475. The van der Waals surface area contributed by atoms with Crippen molar-refractivity contribution in [2.24, 2.45) is 0 Å². The van der Waals surface area contributed by atoms with Crippen molar-refractivity contribution in [1.82, 2.24) is 5.32 Å². The van der Waals surface area contributed by atoms with Gasteiger partial charge in [-0.05, 0) is 45.2 Å². The van der Waals surface area contributed by atoms with Crippen LogP contribution in [0.25, 0.3) is 0 Å². The van der Waals surface area contributed by atoms with Gasteiger partial charge in [-0.1, -0.05) is 18.2 Å². The summed E-state index contributed by atoms with van der Waals surface area (Å²) in [5.41, 5.74) is 2.33. The number of nitriles is 1. The fraction of sp³-hybridized carbons (Fsp3) is 0.562. The minimum absolute atomic E-state index is 0.329. The van der Waals surface area contributed by atoms with Gasteiger partial charge in [0, 0.05) is 24.8 Å². The van der Waals surface area contributed by atoms with Crippen molar-refractivity contribution in [3.8, 4) is 6.07 Å². The second-order valence-corrected chi connectivity index (χ2v) is 5.86. The van der Waals surface area contributed by atoms with E-state index in [2.05, 4.69) is 54.4 Å². The van der Waals surface area contributed by atoms with Crippen LogP contribution in [0.1, 0.15) is 32.8 Å². The molecular formula is C16H23N3. The summed E-state index contributed by atoms with van der Waals surface area (Å²) in [5.74, 6) is 0. The molecule has 2 rings (SSSR count). The van der Waals surface area contributed by atoms with Crippen LogP contribution in [0.2, 0.25) is 0 Å². The van der Waals surface area contributed by atoms with Crippen molar-refractivity contribution in [3.05, 3.63) is 29.8 Å². The van der Waals surface area contributed by atoms with Crippen LogP contribution in [0.3, 0.4) is 0 Å². The highest BCUT2D eigenvalue weighted by Gasteiger charge is 2.27. The predicted molar refractivity (Wildman–Crippen MR) is 79.3 cm³/mol. The van der Waals surface area contributed by atoms with Crippen LogP contribution in [0.15, 0.2) is 24.3 Å². The zero-order chi connectivity index (χ0) is 13.9. The summed E-state index contributed by atoms with van der Waals surface area (Å²) in [7, 11) is 0. The molecule has 0 radical (unpaired) electrons. The van der Waals surface area contributed by atoms with Crippen LogP contribution in [-0.4, -0.2) is 24.7 Å². The van der Waals surface area contributed by atoms with Crippen molar-refractivity contribution >= 4 is 5.69 Å². The molecule has 0 amide bonds. The first-order chi connectivity index (χ1) is 9.04. The van der Waals surface area contributed by atoms with E-state index in [1.165, 1.54) is 11.3 Å². The van der Waals surface area contributed by atoms with Gasteiger partial charge in [0.15, 0.2) is 0 Å². The lowest BCUT2D eigenvalue weighted by atomic mass is 9.98. The Morgan fingerprint density at radius 2 is 2.16 bits per heavy atom. The molecule has 1 aliphatic rings. The summed E-state index contributed by atoms with van der Waals surface area (Å²) in [6, 6.07) is 11.3. The van der Waals surface area contributed by atoms with Crippen molar-refractivity contribution in [3.63, 3.8) is 0 Å². The number of anilines is 1. The summed E-state index contributed by atoms with van der Waals surface area (Å²) in [4.78, 5) is 2.40. The molecule has 3 nitrogen and oxygen atoms in total. The number of rotatable bonds is 5. The van der Waals surface area contributed by atoms with E-state index < -0.39 is 5.54 Å². The standard InChI is InChI=1S/C16H23N3/c1-13(2)18-16(3,12-17)9-11-19-10-8-14-6-4-5-7-15(14)19/h4-7,13,18H,8-11H2,1-3H3. The lowest BCUT2D eigenvalue weighted by Gasteiger charge is -2.29. The van der Waals surface area contributed by atoms with Gasteiger partial charge >= 0.3 is 0 Å². The zero-order valence-electron chi connectivity index (χ0n) is 12.1. The lowest BCUT2D eigenvalue weighted by Crippen LogP contribution is -2.47. The first-order valence-electron chi connectivity index (χ1n) is 7.06. The molecule has 0 spiro atoms. The maximum Gasteiger partial charge on any atom is 0.105 e. The SMILES string of the molecule is CC(C)NC(C)(C#N)CCN1CCc2ccccc21. The Hall–Kier alpha value is -1.53. The van der Waals surface area contributed by atoms with Gasteiger partial charge in [-0.25, -0.2) is 0 Å². The molecule has 19 heavy (non-hydrogen) atoms. The lowest BCUT2D eigenvalue weighted by molar-refractivity contribution is 0.383. The normalized spacial score (nSPS) is 17.1. The second kappa shape index (κ2) is 5.63. The molecule has 0 aromatic heterocycles. The largest absolute Gasteiger partial charge is 0.371 e. The molecule has 1 unspecified atom stereocenters. The molecule has 1 heterocycles. The Morgan fingerprint density at radius 3 is 2.84 bits per heavy atom. The summed E-state index contributed by atoms with van der Waals surface area (Å²) in [6.07, 6.45) is 1.97. The molecule has 0 saturated carbocycles. The molecule has 0 bridgehead atoms. The monoisotopic (exact) mass is 257 g/mol. The number of para-hydroxylation sites is 1. The van der Waals surface area contributed by atoms with Gasteiger partial charge in [0.1, 0.15) is 5.54 Å². The molecular weight excluding hydrogens is 234 g/mol. The molecule has 1 atom stereocenters. The maximum atomic E-state index is 9.37. The van der Waals surface area contributed by atoms with E-state index in [4.69, 9.17) is 0 Å². The fourth-order valence-corrected chi connectivity index (χ4v) is 2.79. The van der Waals surface area contributed by atoms with E-state index in [0.717, 1.165) is 25.9 Å². The molecule has 0 saturated heterocycles. The molecule has 1 N–H and O–H groups in total. The van der Waals surface area contributed by atoms with Crippen LogP contribution in [0.4, 0.5) is 5.69 Å². The van der Waals surface area contributed by atoms with Crippen molar-refractivity contribution in [1.29, 1.82) is 5.26 Å². The number of hydrogen-bond acceptors (Lipinski definition) is 3. The number of nitrogens with one attached hydrogen (secondary N) is 1. The van der Waals surface area contributed by atoms with E-state index in [0.29, 0.717) is 6.04 Å². The fourth-order valence-electron chi connectivity index (χ4n) is 2.79. The molecule has 0 fully saturated rings. The van der Waals surface area contributed by atoms with E-state index in [1.807, 2.05) is 6.92 Å². The van der Waals surface area contributed by atoms with Crippen molar-refractivity contribution in [2.75, 3.05) is 18.0 Å². The van der Waals surface area contributed by atoms with Gasteiger partial charge in [-0.2, -0.15) is 5.26 Å². The van der Waals surface area contributed by atoms with Gasteiger partial charge < -0.3 is 4.90 Å². The maximum absolute atomic E-state index is 9.37. The van der Waals surface area contributed by atoms with Gasteiger partial charge in [0.05, 0.1) is 6.07 Å². The predicted octanol–water partition coefficient (Wildman–Crippen LogP) is 2.72. The third-order valence-corrected chi connectivity index (χ3v) is 3.72. The second-order valence-electron chi connectivity index (χ2n) is 5.86. The van der Waals surface area contributed by atoms with Crippen LogP contribution in [0.5, 0.6) is 0 Å². The number of benzene rings is 1. The van der Waals surface area contributed by atoms with Gasteiger partial charge in [-0.15, -0.1) is 0 Å². The Labute approximate surface area is 116 Å². The first-order valence-corrected chi connectivity index (χ1v) is 7.06. The van der Waals surface area contributed by atoms with Crippen molar-refractivity contribution in [2.45, 2.75) is 45.2 Å². The number of fused-ring (bicyclic) bond motifs is 1. The van der Waals surface area contributed by atoms with E-state index in [-0.39, 0.29) is 0 Å². The molecule has 1 aromatic rings. The molecule has 0 aliphatic carbocycles. The number of nitrogens with zero attached hydrogens (tertiary/aromatic N) is 2. The first kappa shape index (κ1) is 13.9. The molecule has 102 valence electrons. The Balaban J connectivity index is 1.98. The summed E-state index contributed by atoms with van der Waals surface area (Å²) < 4.78 is 0. The highest BCUT2D eigenvalue weighted by Crippen LogP contribution is 2.28. The van der Waals surface area contributed by atoms with E-state index in [1.54, 1.807) is 0 Å². The Kier molecular flexibility index (Phi) is 4.11. The highest BCUT2D eigenvalue weighted by atomic mass is 15.2. The third kappa shape index (κ3) is 3.27. The minimum Gasteiger partial charge on any atom is -0.371 e. The van der Waals surface area contributed by atoms with Crippen LogP contribution in [-0.2, 0) is 6.42 Å². The zero-order valence-corrected chi connectivity index (χ0v) is 12.1. The molecule has 1 aliphatic heterocycles. The third-order valence-electron chi connectivity index (χ3n) is 3.72. The van der Waals surface area contributed by atoms with E-state index in [9.17, 15) is 5.26 Å². The Morgan fingerprint density at radius 1 is 1.42 bits per heavy atom. The quantitative estimate of drug-likeness (QED) is 0.881. The summed E-state index contributed by atoms with van der Waals surface area (Å²) in [6.45, 7) is 8.17. The summed E-state index contributed by atoms with van der Waals surface area (Å²) in [5, 5.41) is 12.7. The van der Waals surface area contributed by atoms with Gasteiger partial charge in [0.2, 0.25) is 0 Å². The van der Waals surface area contributed by atoms with Gasteiger partial charge in [0.25, 0.3) is 0 Å². The van der Waals surface area contributed by atoms with Crippen LogP contribution < -0.4 is 10.2 Å². The average molecular weight is 257 g/mol. The van der Waals surface area contributed by atoms with E-state index >= 15 is 0 Å². The molecule has 1 aromatic carbocycles. The topological polar surface area (TPSA) is 39.1 Å². The average Bonchev–Trinajstić information content (AvgIpc) is 2.79.